The summed E-state index contributed by atoms with van der Waals surface area (Å²) in [5.41, 5.74) is 8.51. The van der Waals surface area contributed by atoms with Gasteiger partial charge in [0, 0.05) is 21.6 Å². The minimum atomic E-state index is -0.275. The molecule has 2 aromatic carbocycles. The highest BCUT2D eigenvalue weighted by Gasteiger charge is 2.10. The second kappa shape index (κ2) is 6.37. The van der Waals surface area contributed by atoms with Gasteiger partial charge in [0.05, 0.1) is 0 Å². The van der Waals surface area contributed by atoms with Crippen LogP contribution in [0.1, 0.15) is 29.7 Å². The van der Waals surface area contributed by atoms with Gasteiger partial charge >= 0.3 is 0 Å². The summed E-state index contributed by atoms with van der Waals surface area (Å²) in [6, 6.07) is 10.5. The molecular weight excluding hydrogens is 321 g/mol. The average molecular weight is 338 g/mol. The van der Waals surface area contributed by atoms with Gasteiger partial charge in [-0.1, -0.05) is 33.6 Å². The Bertz CT molecular complexity index is 613. The van der Waals surface area contributed by atoms with Crippen LogP contribution in [-0.4, -0.2) is 0 Å². The molecule has 0 unspecified atom stereocenters. The molecule has 0 saturated carbocycles. The maximum absolute atomic E-state index is 13.7. The lowest BCUT2D eigenvalue weighted by Gasteiger charge is -2.15. The molecule has 4 heteroatoms. The number of aryl methyl sites for hydroxylation is 1. The van der Waals surface area contributed by atoms with E-state index in [1.165, 1.54) is 6.07 Å². The Morgan fingerprint density at radius 3 is 2.70 bits per heavy atom. The van der Waals surface area contributed by atoms with Gasteiger partial charge in [-0.3, -0.25) is 0 Å². The van der Waals surface area contributed by atoms with Gasteiger partial charge in [0.15, 0.2) is 0 Å². The number of hydrogen-bond acceptors (Lipinski definition) is 2. The van der Waals surface area contributed by atoms with E-state index in [2.05, 4.69) is 15.9 Å². The minimum Gasteiger partial charge on any atom is -0.488 e. The van der Waals surface area contributed by atoms with E-state index in [4.69, 9.17) is 10.5 Å². The van der Waals surface area contributed by atoms with Gasteiger partial charge in [-0.2, -0.15) is 0 Å². The van der Waals surface area contributed by atoms with Crippen LogP contribution in [0.3, 0.4) is 0 Å². The maximum Gasteiger partial charge on any atom is 0.129 e. The third-order valence-corrected chi connectivity index (χ3v) is 3.54. The molecule has 0 spiro atoms. The Kier molecular flexibility index (Phi) is 4.78. The van der Waals surface area contributed by atoms with Gasteiger partial charge in [-0.05, 0) is 38.1 Å². The van der Waals surface area contributed by atoms with E-state index in [1.54, 1.807) is 12.1 Å². The zero-order valence-corrected chi connectivity index (χ0v) is 13.1. The molecule has 0 fully saturated rings. The zero-order chi connectivity index (χ0) is 14.7. The summed E-state index contributed by atoms with van der Waals surface area (Å²) in [5.74, 6) is 0.424. The third-order valence-electron chi connectivity index (χ3n) is 3.05. The lowest BCUT2D eigenvalue weighted by Crippen LogP contribution is -2.09. The molecule has 0 amide bonds. The first kappa shape index (κ1) is 15.0. The van der Waals surface area contributed by atoms with Crippen molar-refractivity contribution >= 4 is 15.9 Å². The van der Waals surface area contributed by atoms with Crippen LogP contribution in [0.15, 0.2) is 40.9 Å². The van der Waals surface area contributed by atoms with Crippen molar-refractivity contribution in [1.29, 1.82) is 0 Å². The largest absolute Gasteiger partial charge is 0.488 e. The van der Waals surface area contributed by atoms with Gasteiger partial charge in [-0.15, -0.1) is 0 Å². The average Bonchev–Trinajstić information content (AvgIpc) is 2.40. The number of ether oxygens (including phenoxy) is 1. The molecule has 2 N–H and O–H groups in total. The Hall–Kier alpha value is -1.39. The van der Waals surface area contributed by atoms with Crippen molar-refractivity contribution in [2.24, 2.45) is 5.73 Å². The fourth-order valence-corrected chi connectivity index (χ4v) is 2.37. The molecule has 0 heterocycles. The van der Waals surface area contributed by atoms with Gasteiger partial charge in [0.1, 0.15) is 18.2 Å². The normalized spacial score (nSPS) is 12.2. The standard InChI is InChI=1S/C16H17BrFNO/c1-10-3-6-16(14(7-10)11(2)19)20-9-12-8-13(17)4-5-15(12)18/h3-8,11H,9,19H2,1-2H3/t11-/m0/s1. The van der Waals surface area contributed by atoms with E-state index < -0.39 is 0 Å². The van der Waals surface area contributed by atoms with Gasteiger partial charge in [0.25, 0.3) is 0 Å². The van der Waals surface area contributed by atoms with E-state index in [0.717, 1.165) is 15.6 Å². The first-order valence-corrected chi connectivity index (χ1v) is 7.19. The van der Waals surface area contributed by atoms with Gasteiger partial charge < -0.3 is 10.5 Å². The highest BCUT2D eigenvalue weighted by atomic mass is 79.9. The maximum atomic E-state index is 13.7. The Balaban J connectivity index is 2.20. The number of rotatable bonds is 4. The summed E-state index contributed by atoms with van der Waals surface area (Å²) in [7, 11) is 0. The smallest absolute Gasteiger partial charge is 0.129 e. The van der Waals surface area contributed by atoms with Crippen molar-refractivity contribution in [2.45, 2.75) is 26.5 Å². The summed E-state index contributed by atoms with van der Waals surface area (Å²) in [5, 5.41) is 0. The fraction of sp³-hybridized carbons (Fsp3) is 0.250. The van der Waals surface area contributed by atoms with Gasteiger partial charge in [0.2, 0.25) is 0 Å². The molecule has 0 aliphatic carbocycles. The SMILES string of the molecule is Cc1ccc(OCc2cc(Br)ccc2F)c([C@H](C)N)c1. The Morgan fingerprint density at radius 1 is 1.25 bits per heavy atom. The molecule has 2 rings (SSSR count). The van der Waals surface area contributed by atoms with Crippen LogP contribution < -0.4 is 10.5 Å². The summed E-state index contributed by atoms with van der Waals surface area (Å²) in [6.45, 7) is 4.08. The van der Waals surface area contributed by atoms with Crippen molar-refractivity contribution < 1.29 is 9.13 Å². The molecule has 0 bridgehead atoms. The van der Waals surface area contributed by atoms with Crippen LogP contribution in [-0.2, 0) is 6.61 Å². The minimum absolute atomic E-state index is 0.128. The second-order valence-corrected chi connectivity index (χ2v) is 5.77. The second-order valence-electron chi connectivity index (χ2n) is 4.85. The van der Waals surface area contributed by atoms with Crippen LogP contribution in [0.25, 0.3) is 0 Å². The van der Waals surface area contributed by atoms with E-state index in [9.17, 15) is 4.39 Å². The van der Waals surface area contributed by atoms with E-state index >= 15 is 0 Å². The Labute approximate surface area is 126 Å². The van der Waals surface area contributed by atoms with E-state index in [0.29, 0.717) is 11.3 Å². The Morgan fingerprint density at radius 2 is 2.00 bits per heavy atom. The molecular formula is C16H17BrFNO. The lowest BCUT2D eigenvalue weighted by molar-refractivity contribution is 0.295. The van der Waals surface area contributed by atoms with Crippen molar-refractivity contribution in [3.05, 3.63) is 63.4 Å². The zero-order valence-electron chi connectivity index (χ0n) is 11.5. The van der Waals surface area contributed by atoms with Crippen LogP contribution in [0.2, 0.25) is 0 Å². The van der Waals surface area contributed by atoms with E-state index in [1.807, 2.05) is 32.0 Å². The highest BCUT2D eigenvalue weighted by molar-refractivity contribution is 9.10. The first-order chi connectivity index (χ1) is 9.47. The summed E-state index contributed by atoms with van der Waals surface area (Å²) in [6.07, 6.45) is 0. The number of nitrogens with two attached hydrogens (primary N) is 1. The number of benzene rings is 2. The molecule has 0 aliphatic rings. The van der Waals surface area contributed by atoms with Crippen LogP contribution in [0, 0.1) is 12.7 Å². The molecule has 2 aromatic rings. The molecule has 0 aromatic heterocycles. The van der Waals surface area contributed by atoms with Crippen molar-refractivity contribution in [3.8, 4) is 5.75 Å². The lowest BCUT2D eigenvalue weighted by atomic mass is 10.1. The quantitative estimate of drug-likeness (QED) is 0.891. The van der Waals surface area contributed by atoms with E-state index in [-0.39, 0.29) is 18.5 Å². The summed E-state index contributed by atoms with van der Waals surface area (Å²) >= 11 is 3.33. The van der Waals surface area contributed by atoms with Gasteiger partial charge in [-0.25, -0.2) is 4.39 Å². The van der Waals surface area contributed by atoms with Crippen LogP contribution >= 0.6 is 15.9 Å². The number of hydrogen-bond donors (Lipinski definition) is 1. The van der Waals surface area contributed by atoms with Crippen molar-refractivity contribution in [2.75, 3.05) is 0 Å². The fourth-order valence-electron chi connectivity index (χ4n) is 1.96. The number of halogens is 2. The molecule has 0 aliphatic heterocycles. The van der Waals surface area contributed by atoms with Crippen LogP contribution in [0.5, 0.6) is 5.75 Å². The summed E-state index contributed by atoms with van der Waals surface area (Å²) in [4.78, 5) is 0. The summed E-state index contributed by atoms with van der Waals surface area (Å²) < 4.78 is 20.2. The monoisotopic (exact) mass is 337 g/mol. The molecule has 20 heavy (non-hydrogen) atoms. The molecule has 0 saturated heterocycles. The first-order valence-electron chi connectivity index (χ1n) is 6.40. The topological polar surface area (TPSA) is 35.2 Å². The predicted molar refractivity (Wildman–Crippen MR) is 82.2 cm³/mol. The molecule has 0 radical (unpaired) electrons. The van der Waals surface area contributed by atoms with Crippen molar-refractivity contribution in [3.63, 3.8) is 0 Å². The third kappa shape index (κ3) is 3.58. The predicted octanol–water partition coefficient (Wildman–Crippen LogP) is 4.50. The molecule has 106 valence electrons. The van der Waals surface area contributed by atoms with Crippen molar-refractivity contribution in [1.82, 2.24) is 0 Å². The molecule has 1 atom stereocenters. The van der Waals surface area contributed by atoms with Crippen LogP contribution in [0.4, 0.5) is 4.39 Å². The molecule has 2 nitrogen and oxygen atoms in total. The highest BCUT2D eigenvalue weighted by Crippen LogP contribution is 2.26.